The third-order valence-corrected chi connectivity index (χ3v) is 8.48. The molecule has 4 heteroatoms. The molecule has 4 nitrogen and oxygen atoms in total. The molecule has 2 heterocycles. The van der Waals surface area contributed by atoms with E-state index in [1.165, 1.54) is 10.8 Å². The fourth-order valence-electron chi connectivity index (χ4n) is 6.33. The molecule has 0 radical (unpaired) electrons. The lowest BCUT2D eigenvalue weighted by Crippen LogP contribution is -2.01. The Balaban J connectivity index is 1.34. The van der Waals surface area contributed by atoms with Crippen molar-refractivity contribution in [2.24, 2.45) is 0 Å². The highest BCUT2D eigenvalue weighted by Gasteiger charge is 2.17. The van der Waals surface area contributed by atoms with Crippen LogP contribution in [0, 0.1) is 0 Å². The van der Waals surface area contributed by atoms with Crippen LogP contribution in [0.15, 0.2) is 146 Å². The first kappa shape index (κ1) is 24.6. The highest BCUT2D eigenvalue weighted by molar-refractivity contribution is 6.22. The maximum absolute atomic E-state index is 5.15. The maximum Gasteiger partial charge on any atom is 0.164 e. The van der Waals surface area contributed by atoms with Crippen LogP contribution in [0.2, 0.25) is 0 Å². The molecule has 0 aliphatic heterocycles. The molecule has 0 amide bonds. The van der Waals surface area contributed by atoms with Gasteiger partial charge in [0, 0.05) is 33.7 Å². The fourth-order valence-corrected chi connectivity index (χ4v) is 6.33. The van der Waals surface area contributed by atoms with Gasteiger partial charge in [0.15, 0.2) is 17.5 Å². The highest BCUT2D eigenvalue weighted by Crippen LogP contribution is 2.38. The van der Waals surface area contributed by atoms with Crippen molar-refractivity contribution in [2.75, 3.05) is 0 Å². The highest BCUT2D eigenvalue weighted by atomic mass is 15.0. The topological polar surface area (TPSA) is 51.6 Å². The lowest BCUT2D eigenvalue weighted by Gasteiger charge is -2.14. The molecule has 0 aliphatic carbocycles. The molecule has 0 saturated heterocycles. The van der Waals surface area contributed by atoms with Crippen molar-refractivity contribution < 1.29 is 0 Å². The van der Waals surface area contributed by atoms with Crippen LogP contribution in [0.5, 0.6) is 0 Å². The summed E-state index contributed by atoms with van der Waals surface area (Å²) in [7, 11) is 0. The number of nitrogens with zero attached hydrogens (tertiary/aromatic N) is 4. The molecular formula is C40H24N4. The van der Waals surface area contributed by atoms with Crippen molar-refractivity contribution in [2.45, 2.75) is 0 Å². The Bertz CT molecular complexity index is 2470. The quantitative estimate of drug-likeness (QED) is 0.202. The van der Waals surface area contributed by atoms with Crippen LogP contribution in [0.3, 0.4) is 0 Å². The summed E-state index contributed by atoms with van der Waals surface area (Å²) >= 11 is 0. The van der Waals surface area contributed by atoms with Gasteiger partial charge < -0.3 is 0 Å². The molecule has 0 saturated carbocycles. The predicted octanol–water partition coefficient (Wildman–Crippen LogP) is 10.0. The van der Waals surface area contributed by atoms with Crippen molar-refractivity contribution in [1.82, 2.24) is 19.9 Å². The second kappa shape index (κ2) is 9.79. The molecular weight excluding hydrogens is 536 g/mol. The Morgan fingerprint density at radius 3 is 1.57 bits per heavy atom. The summed E-state index contributed by atoms with van der Waals surface area (Å²) in [5, 5.41) is 10.2. The summed E-state index contributed by atoms with van der Waals surface area (Å²) in [6, 6.07) is 48.6. The number of rotatable bonds is 3. The third-order valence-electron chi connectivity index (χ3n) is 8.48. The molecule has 204 valence electrons. The SMILES string of the molecule is c1ccc2cc(-c3nc(-c4ccc5ccccc5c4)nc(-c4cc5ccc6cccnc6c5c5ccccc45)n3)ccc2c1. The second-order valence-corrected chi connectivity index (χ2v) is 11.1. The van der Waals surface area contributed by atoms with Crippen molar-refractivity contribution in [3.63, 3.8) is 0 Å². The second-order valence-electron chi connectivity index (χ2n) is 11.1. The van der Waals surface area contributed by atoms with Crippen molar-refractivity contribution in [1.29, 1.82) is 0 Å². The van der Waals surface area contributed by atoms with Crippen LogP contribution in [-0.2, 0) is 0 Å². The number of hydrogen-bond donors (Lipinski definition) is 0. The van der Waals surface area contributed by atoms with Crippen LogP contribution in [0.25, 0.3) is 88.2 Å². The van der Waals surface area contributed by atoms with Crippen LogP contribution in [0.4, 0.5) is 0 Å². The fraction of sp³-hybridized carbons (Fsp3) is 0. The van der Waals surface area contributed by atoms with Gasteiger partial charge in [-0.2, -0.15) is 0 Å². The molecule has 0 unspecified atom stereocenters. The lowest BCUT2D eigenvalue weighted by molar-refractivity contribution is 1.08. The van der Waals surface area contributed by atoms with E-state index in [2.05, 4.69) is 133 Å². The van der Waals surface area contributed by atoms with Crippen LogP contribution in [0.1, 0.15) is 0 Å². The van der Waals surface area contributed by atoms with Gasteiger partial charge in [0.2, 0.25) is 0 Å². The zero-order valence-electron chi connectivity index (χ0n) is 23.6. The molecule has 0 N–H and O–H groups in total. The van der Waals surface area contributed by atoms with Crippen LogP contribution >= 0.6 is 0 Å². The normalized spacial score (nSPS) is 11.6. The average Bonchev–Trinajstić information content (AvgIpc) is 3.10. The summed E-state index contributed by atoms with van der Waals surface area (Å²) in [6.45, 7) is 0. The van der Waals surface area contributed by atoms with E-state index in [0.29, 0.717) is 17.5 Å². The van der Waals surface area contributed by atoms with Crippen molar-refractivity contribution >= 4 is 54.0 Å². The summed E-state index contributed by atoms with van der Waals surface area (Å²) < 4.78 is 0. The van der Waals surface area contributed by atoms with E-state index in [1.807, 2.05) is 12.3 Å². The van der Waals surface area contributed by atoms with Crippen molar-refractivity contribution in [3.8, 4) is 34.2 Å². The number of benzene rings is 7. The van der Waals surface area contributed by atoms with E-state index >= 15 is 0 Å². The van der Waals surface area contributed by atoms with Gasteiger partial charge in [-0.1, -0.05) is 115 Å². The Kier molecular flexibility index (Phi) is 5.47. The van der Waals surface area contributed by atoms with Crippen LogP contribution in [-0.4, -0.2) is 19.9 Å². The van der Waals surface area contributed by atoms with Gasteiger partial charge in [-0.15, -0.1) is 0 Å². The zero-order chi connectivity index (χ0) is 29.0. The van der Waals surface area contributed by atoms with E-state index in [9.17, 15) is 0 Å². The van der Waals surface area contributed by atoms with E-state index < -0.39 is 0 Å². The first-order valence-electron chi connectivity index (χ1n) is 14.7. The minimum atomic E-state index is 0.644. The van der Waals surface area contributed by atoms with Gasteiger partial charge in [0.1, 0.15) is 0 Å². The first-order chi connectivity index (χ1) is 21.8. The molecule has 2 aromatic heterocycles. The molecule has 9 aromatic rings. The van der Waals surface area contributed by atoms with Gasteiger partial charge in [0.25, 0.3) is 0 Å². The largest absolute Gasteiger partial charge is 0.256 e. The summed E-state index contributed by atoms with van der Waals surface area (Å²) in [5.41, 5.74) is 3.87. The van der Waals surface area contributed by atoms with E-state index in [4.69, 9.17) is 19.9 Å². The zero-order valence-corrected chi connectivity index (χ0v) is 23.6. The van der Waals surface area contributed by atoms with Gasteiger partial charge in [-0.3, -0.25) is 4.98 Å². The Hall–Kier alpha value is -6.00. The third kappa shape index (κ3) is 4.00. The molecule has 0 atom stereocenters. The minimum absolute atomic E-state index is 0.644. The number of pyridine rings is 1. The summed E-state index contributed by atoms with van der Waals surface area (Å²) in [5.74, 6) is 1.94. The molecule has 9 rings (SSSR count). The molecule has 0 fully saturated rings. The summed E-state index contributed by atoms with van der Waals surface area (Å²) in [6.07, 6.45) is 1.86. The summed E-state index contributed by atoms with van der Waals surface area (Å²) in [4.78, 5) is 20.1. The minimum Gasteiger partial charge on any atom is -0.256 e. The lowest BCUT2D eigenvalue weighted by atomic mass is 9.95. The molecule has 0 spiro atoms. The molecule has 44 heavy (non-hydrogen) atoms. The number of fused-ring (bicyclic) bond motifs is 7. The van der Waals surface area contributed by atoms with E-state index in [0.717, 1.165) is 59.9 Å². The van der Waals surface area contributed by atoms with Gasteiger partial charge >= 0.3 is 0 Å². The molecule has 0 bridgehead atoms. The Morgan fingerprint density at radius 1 is 0.364 bits per heavy atom. The van der Waals surface area contributed by atoms with Gasteiger partial charge in [-0.05, 0) is 62.0 Å². The molecule has 7 aromatic carbocycles. The number of aromatic nitrogens is 4. The van der Waals surface area contributed by atoms with Gasteiger partial charge in [-0.25, -0.2) is 15.0 Å². The maximum atomic E-state index is 5.15. The predicted molar refractivity (Wildman–Crippen MR) is 181 cm³/mol. The Labute approximate surface area is 253 Å². The van der Waals surface area contributed by atoms with Crippen LogP contribution < -0.4 is 0 Å². The monoisotopic (exact) mass is 560 g/mol. The van der Waals surface area contributed by atoms with E-state index in [-0.39, 0.29) is 0 Å². The van der Waals surface area contributed by atoms with Gasteiger partial charge in [0.05, 0.1) is 5.52 Å². The smallest absolute Gasteiger partial charge is 0.164 e. The standard InChI is InChI=1S/C40H24N4/c1-3-10-28-22-31(19-15-25(28)8-1)38-42-39(32-20-16-26-9-2-4-11-29(26)23-32)44-40(43-38)35-24-30-18-17-27-12-7-21-41-37(27)36(30)34-14-6-5-13-33(34)35/h1-24H. The van der Waals surface area contributed by atoms with Crippen molar-refractivity contribution in [3.05, 3.63) is 146 Å². The van der Waals surface area contributed by atoms with E-state index in [1.54, 1.807) is 0 Å². The Morgan fingerprint density at radius 2 is 0.886 bits per heavy atom. The molecule has 0 aliphatic rings. The average molecular weight is 561 g/mol. The first-order valence-corrected chi connectivity index (χ1v) is 14.7. The number of hydrogen-bond acceptors (Lipinski definition) is 4.